The van der Waals surface area contributed by atoms with E-state index in [-0.39, 0.29) is 18.0 Å². The average molecular weight is 360 g/mol. The van der Waals surface area contributed by atoms with Gasteiger partial charge in [0.2, 0.25) is 5.91 Å². The molecule has 7 nitrogen and oxygen atoms in total. The molecule has 0 saturated carbocycles. The summed E-state index contributed by atoms with van der Waals surface area (Å²) in [7, 11) is 2.12. The molecular formula is C19H28N4O3. The van der Waals surface area contributed by atoms with Gasteiger partial charge in [-0.2, -0.15) is 0 Å². The number of amides is 1. The Morgan fingerprint density at radius 3 is 2.81 bits per heavy atom. The molecule has 142 valence electrons. The highest BCUT2D eigenvalue weighted by atomic mass is 16.4. The molecule has 2 fully saturated rings. The predicted octanol–water partition coefficient (Wildman–Crippen LogP) is 0.973. The van der Waals surface area contributed by atoms with Gasteiger partial charge in [-0.1, -0.05) is 6.07 Å². The molecule has 2 aliphatic heterocycles. The average Bonchev–Trinajstić information content (AvgIpc) is 2.73. The van der Waals surface area contributed by atoms with E-state index in [1.807, 2.05) is 19.1 Å². The smallest absolute Gasteiger partial charge is 0.323 e. The first-order valence-corrected chi connectivity index (χ1v) is 9.24. The summed E-state index contributed by atoms with van der Waals surface area (Å²) in [6, 6.07) is 6.10. The van der Waals surface area contributed by atoms with Crippen LogP contribution < -0.4 is 0 Å². The summed E-state index contributed by atoms with van der Waals surface area (Å²) in [6.45, 7) is 5.92. The fourth-order valence-corrected chi connectivity index (χ4v) is 4.16. The number of nitrogens with zero attached hydrogens (tertiary/aromatic N) is 4. The molecule has 1 amide bonds. The highest BCUT2D eigenvalue weighted by Gasteiger charge is 2.42. The summed E-state index contributed by atoms with van der Waals surface area (Å²) in [6.07, 6.45) is 1.99. The number of carbonyl (C=O) groups excluding carboxylic acids is 1. The van der Waals surface area contributed by atoms with E-state index in [2.05, 4.69) is 27.9 Å². The third-order valence-electron chi connectivity index (χ3n) is 5.74. The minimum Gasteiger partial charge on any atom is -0.480 e. The lowest BCUT2D eigenvalue weighted by atomic mass is 9.86. The maximum absolute atomic E-state index is 12.3. The van der Waals surface area contributed by atoms with Gasteiger partial charge in [-0.3, -0.25) is 24.4 Å². The Morgan fingerprint density at radius 1 is 1.27 bits per heavy atom. The van der Waals surface area contributed by atoms with Gasteiger partial charge in [-0.15, -0.1) is 0 Å². The van der Waals surface area contributed by atoms with Gasteiger partial charge in [-0.05, 0) is 38.9 Å². The lowest BCUT2D eigenvalue weighted by Gasteiger charge is -2.49. The van der Waals surface area contributed by atoms with Gasteiger partial charge >= 0.3 is 5.97 Å². The van der Waals surface area contributed by atoms with E-state index in [0.717, 1.165) is 50.4 Å². The number of hydrogen-bond acceptors (Lipinski definition) is 5. The number of carboxylic acid groups (broad SMARTS) is 1. The molecule has 0 radical (unpaired) electrons. The first-order chi connectivity index (χ1) is 12.4. The van der Waals surface area contributed by atoms with Crippen LogP contribution >= 0.6 is 0 Å². The van der Waals surface area contributed by atoms with Crippen molar-refractivity contribution in [1.82, 2.24) is 19.7 Å². The van der Waals surface area contributed by atoms with Crippen molar-refractivity contribution in [3.63, 3.8) is 0 Å². The maximum Gasteiger partial charge on any atom is 0.323 e. The van der Waals surface area contributed by atoms with Crippen LogP contribution in [0.5, 0.6) is 0 Å². The van der Waals surface area contributed by atoms with Crippen LogP contribution in [0.2, 0.25) is 0 Å². The zero-order valence-electron chi connectivity index (χ0n) is 15.6. The lowest BCUT2D eigenvalue weighted by molar-refractivity contribution is -0.144. The number of hydrogen-bond donors (Lipinski definition) is 1. The number of carbonyl (C=O) groups is 2. The van der Waals surface area contributed by atoms with E-state index in [1.165, 1.54) is 4.90 Å². The van der Waals surface area contributed by atoms with Gasteiger partial charge < -0.3 is 10.0 Å². The minimum absolute atomic E-state index is 0.0462. The molecule has 1 spiro atoms. The van der Waals surface area contributed by atoms with E-state index < -0.39 is 5.97 Å². The van der Waals surface area contributed by atoms with Gasteiger partial charge in [0.15, 0.2) is 0 Å². The second-order valence-corrected chi connectivity index (χ2v) is 7.59. The van der Waals surface area contributed by atoms with Gasteiger partial charge in [0.05, 0.1) is 5.69 Å². The molecule has 3 heterocycles. The number of rotatable bonds is 4. The zero-order valence-corrected chi connectivity index (χ0v) is 15.6. The Morgan fingerprint density at radius 2 is 2.08 bits per heavy atom. The Kier molecular flexibility index (Phi) is 5.58. The summed E-state index contributed by atoms with van der Waals surface area (Å²) in [4.78, 5) is 34.2. The topological polar surface area (TPSA) is 77.0 Å². The van der Waals surface area contributed by atoms with E-state index in [0.29, 0.717) is 13.0 Å². The lowest BCUT2D eigenvalue weighted by Crippen LogP contribution is -2.60. The van der Waals surface area contributed by atoms with Crippen molar-refractivity contribution in [3.05, 3.63) is 29.6 Å². The normalized spacial score (nSPS) is 25.5. The number of carboxylic acids is 1. The summed E-state index contributed by atoms with van der Waals surface area (Å²) in [5.41, 5.74) is 2.02. The zero-order chi connectivity index (χ0) is 18.7. The molecule has 7 heteroatoms. The fourth-order valence-electron chi connectivity index (χ4n) is 4.16. The molecule has 1 aromatic rings. The van der Waals surface area contributed by atoms with Gasteiger partial charge in [0.25, 0.3) is 0 Å². The third-order valence-corrected chi connectivity index (χ3v) is 5.74. The molecule has 2 aliphatic rings. The van der Waals surface area contributed by atoms with Crippen molar-refractivity contribution in [2.24, 2.45) is 0 Å². The molecule has 0 aromatic carbocycles. The quantitative estimate of drug-likeness (QED) is 0.862. The fraction of sp³-hybridized carbons (Fsp3) is 0.632. The Bertz CT molecular complexity index is 681. The van der Waals surface area contributed by atoms with Crippen LogP contribution in [-0.4, -0.2) is 82.0 Å². The molecule has 2 saturated heterocycles. The minimum atomic E-state index is -0.946. The van der Waals surface area contributed by atoms with E-state index in [4.69, 9.17) is 5.11 Å². The second kappa shape index (κ2) is 7.72. The van der Waals surface area contributed by atoms with Gasteiger partial charge in [0.1, 0.15) is 6.54 Å². The van der Waals surface area contributed by atoms with Crippen molar-refractivity contribution >= 4 is 11.9 Å². The van der Waals surface area contributed by atoms with E-state index in [9.17, 15) is 9.59 Å². The Hall–Kier alpha value is -1.99. The predicted molar refractivity (Wildman–Crippen MR) is 97.7 cm³/mol. The molecule has 1 aromatic heterocycles. The second-order valence-electron chi connectivity index (χ2n) is 7.59. The molecule has 1 N–H and O–H groups in total. The largest absolute Gasteiger partial charge is 0.480 e. The first kappa shape index (κ1) is 18.8. The highest BCUT2D eigenvalue weighted by Crippen LogP contribution is 2.32. The van der Waals surface area contributed by atoms with Crippen LogP contribution in [0.25, 0.3) is 0 Å². The number of likely N-dealkylation sites (N-methyl/N-ethyl adjacent to an activating group) is 1. The summed E-state index contributed by atoms with van der Waals surface area (Å²) >= 11 is 0. The number of aryl methyl sites for hydroxylation is 1. The number of likely N-dealkylation sites (tertiary alicyclic amines) is 1. The molecule has 3 rings (SSSR count). The number of aromatic nitrogens is 1. The van der Waals surface area contributed by atoms with Crippen molar-refractivity contribution in [3.8, 4) is 0 Å². The van der Waals surface area contributed by atoms with Crippen LogP contribution in [0.1, 0.15) is 30.7 Å². The summed E-state index contributed by atoms with van der Waals surface area (Å²) < 4.78 is 0. The maximum atomic E-state index is 12.3. The van der Waals surface area contributed by atoms with Crippen LogP contribution in [0.3, 0.4) is 0 Å². The van der Waals surface area contributed by atoms with Crippen LogP contribution in [-0.2, 0) is 16.1 Å². The summed E-state index contributed by atoms with van der Waals surface area (Å²) in [5.74, 6) is -0.992. The number of aliphatic carboxylic acids is 1. The van der Waals surface area contributed by atoms with Gasteiger partial charge in [-0.25, -0.2) is 0 Å². The van der Waals surface area contributed by atoms with E-state index in [1.54, 1.807) is 0 Å². The third kappa shape index (κ3) is 4.22. The number of pyridine rings is 1. The molecule has 26 heavy (non-hydrogen) atoms. The standard InChI is InChI=1S/C19H28N4O3/c1-15-4-3-5-16(20-15)12-22-11-10-21(2)19(14-22)7-6-17(24)23(9-8-19)13-18(25)26/h3-5H,6-14H2,1-2H3,(H,25,26). The summed E-state index contributed by atoms with van der Waals surface area (Å²) in [5, 5.41) is 9.04. The monoisotopic (exact) mass is 360 g/mol. The van der Waals surface area contributed by atoms with Crippen LogP contribution in [0, 0.1) is 6.92 Å². The molecule has 0 aliphatic carbocycles. The van der Waals surface area contributed by atoms with Crippen molar-refractivity contribution < 1.29 is 14.7 Å². The SMILES string of the molecule is Cc1cccc(CN2CCN(C)C3(CCC(=O)N(CC(=O)O)CC3)C2)n1. The molecule has 0 bridgehead atoms. The van der Waals surface area contributed by atoms with Crippen LogP contribution in [0.4, 0.5) is 0 Å². The van der Waals surface area contributed by atoms with Gasteiger partial charge in [0, 0.05) is 50.4 Å². The van der Waals surface area contributed by atoms with Crippen LogP contribution in [0.15, 0.2) is 18.2 Å². The Labute approximate surface area is 154 Å². The molecule has 1 atom stereocenters. The van der Waals surface area contributed by atoms with Crippen molar-refractivity contribution in [2.75, 3.05) is 39.8 Å². The highest BCUT2D eigenvalue weighted by molar-refractivity contribution is 5.81. The van der Waals surface area contributed by atoms with Crippen molar-refractivity contribution in [1.29, 1.82) is 0 Å². The van der Waals surface area contributed by atoms with E-state index >= 15 is 0 Å². The Balaban J connectivity index is 1.71. The van der Waals surface area contributed by atoms with Crippen molar-refractivity contribution in [2.45, 2.75) is 38.3 Å². The molecule has 1 unspecified atom stereocenters. The molecular weight excluding hydrogens is 332 g/mol. The first-order valence-electron chi connectivity index (χ1n) is 9.24. The number of piperazine rings is 1.